The van der Waals surface area contributed by atoms with Crippen molar-refractivity contribution >= 4 is 11.6 Å². The third-order valence-electron chi connectivity index (χ3n) is 3.12. The minimum atomic E-state index is -0.467. The van der Waals surface area contributed by atoms with Crippen LogP contribution >= 0.6 is 0 Å². The monoisotopic (exact) mass is 278 g/mol. The molecule has 0 saturated heterocycles. The number of aliphatic hydroxyl groups excluding tert-OH is 1. The lowest BCUT2D eigenvalue weighted by Crippen LogP contribution is -2.40. The summed E-state index contributed by atoms with van der Waals surface area (Å²) in [5.41, 5.74) is 1.04. The molecule has 1 atom stereocenters. The highest BCUT2D eigenvalue weighted by Crippen LogP contribution is 2.12. The van der Waals surface area contributed by atoms with E-state index in [0.717, 1.165) is 12.2 Å². The molecule has 1 aromatic carbocycles. The Morgan fingerprint density at radius 1 is 1.30 bits per heavy atom. The maximum Gasteiger partial charge on any atom is 0.239 e. The van der Waals surface area contributed by atoms with Gasteiger partial charge in [-0.2, -0.15) is 0 Å². The number of carbonyl (C=O) groups excluding carboxylic acids is 1. The zero-order chi connectivity index (χ0) is 15.0. The quantitative estimate of drug-likeness (QED) is 0.765. The van der Waals surface area contributed by atoms with Crippen molar-refractivity contribution in [3.8, 4) is 0 Å². The third kappa shape index (κ3) is 6.06. The Balaban J connectivity index is 2.40. The van der Waals surface area contributed by atoms with E-state index in [1.165, 1.54) is 0 Å². The van der Waals surface area contributed by atoms with Crippen LogP contribution in [-0.4, -0.2) is 36.8 Å². The Bertz CT molecular complexity index is 393. The number of rotatable bonds is 8. The van der Waals surface area contributed by atoms with Gasteiger partial charge in [0.15, 0.2) is 0 Å². The first-order valence-electron chi connectivity index (χ1n) is 7.27. The summed E-state index contributed by atoms with van der Waals surface area (Å²) in [5.74, 6) is 0.372. The summed E-state index contributed by atoms with van der Waals surface area (Å²) >= 11 is 0. The van der Waals surface area contributed by atoms with Crippen molar-refractivity contribution in [3.05, 3.63) is 30.3 Å². The number of amides is 1. The smallest absolute Gasteiger partial charge is 0.239 e. The first kappa shape index (κ1) is 16.5. The number of nitrogens with zero attached hydrogens (tertiary/aromatic N) is 1. The zero-order valence-corrected chi connectivity index (χ0v) is 12.7. The predicted molar refractivity (Wildman–Crippen MR) is 82.8 cm³/mol. The molecular formula is C16H26N2O2. The van der Waals surface area contributed by atoms with Crippen LogP contribution in [0.2, 0.25) is 0 Å². The van der Waals surface area contributed by atoms with Crippen LogP contribution in [0.15, 0.2) is 30.3 Å². The predicted octanol–water partition coefficient (Wildman–Crippen LogP) is 2.04. The number of carbonyl (C=O) groups is 1. The maximum atomic E-state index is 11.9. The zero-order valence-electron chi connectivity index (χ0n) is 12.7. The summed E-state index contributed by atoms with van der Waals surface area (Å²) in [7, 11) is 0. The molecule has 2 N–H and O–H groups in total. The molecule has 0 bridgehead atoms. The van der Waals surface area contributed by atoms with Gasteiger partial charge in [0.25, 0.3) is 0 Å². The fourth-order valence-corrected chi connectivity index (χ4v) is 2.11. The van der Waals surface area contributed by atoms with Crippen LogP contribution in [0.5, 0.6) is 0 Å². The fraction of sp³-hybridized carbons (Fsp3) is 0.562. The number of likely N-dealkylation sites (N-methyl/N-ethyl adjacent to an activating group) is 1. The Kier molecular flexibility index (Phi) is 7.09. The lowest BCUT2D eigenvalue weighted by molar-refractivity contribution is -0.120. The highest BCUT2D eigenvalue weighted by Gasteiger charge is 2.12. The second-order valence-corrected chi connectivity index (χ2v) is 5.44. The maximum absolute atomic E-state index is 11.9. The number of benzene rings is 1. The molecule has 20 heavy (non-hydrogen) atoms. The van der Waals surface area contributed by atoms with Crippen molar-refractivity contribution in [3.63, 3.8) is 0 Å². The van der Waals surface area contributed by atoms with Gasteiger partial charge in [0.2, 0.25) is 5.91 Å². The van der Waals surface area contributed by atoms with E-state index in [1.807, 2.05) is 42.2 Å². The van der Waals surface area contributed by atoms with Gasteiger partial charge >= 0.3 is 0 Å². The van der Waals surface area contributed by atoms with Crippen LogP contribution in [0.3, 0.4) is 0 Å². The Morgan fingerprint density at radius 2 is 1.95 bits per heavy atom. The fourth-order valence-electron chi connectivity index (χ4n) is 2.11. The molecular weight excluding hydrogens is 252 g/mol. The van der Waals surface area contributed by atoms with Crippen LogP contribution in [0.4, 0.5) is 5.69 Å². The second kappa shape index (κ2) is 8.59. The topological polar surface area (TPSA) is 52.6 Å². The van der Waals surface area contributed by atoms with Gasteiger partial charge in [-0.15, -0.1) is 0 Å². The van der Waals surface area contributed by atoms with Crippen LogP contribution in [0, 0.1) is 5.92 Å². The van der Waals surface area contributed by atoms with Crippen LogP contribution in [0.25, 0.3) is 0 Å². The average Bonchev–Trinajstić information content (AvgIpc) is 2.43. The minimum Gasteiger partial charge on any atom is -0.391 e. The lowest BCUT2D eigenvalue weighted by Gasteiger charge is -2.23. The number of para-hydroxylation sites is 1. The van der Waals surface area contributed by atoms with Gasteiger partial charge in [0.05, 0.1) is 12.6 Å². The highest BCUT2D eigenvalue weighted by atomic mass is 16.3. The van der Waals surface area contributed by atoms with Crippen LogP contribution < -0.4 is 10.2 Å². The van der Waals surface area contributed by atoms with Crippen LogP contribution in [0.1, 0.15) is 27.2 Å². The van der Waals surface area contributed by atoms with Gasteiger partial charge in [0.1, 0.15) is 0 Å². The molecule has 0 aliphatic heterocycles. The molecule has 0 aromatic heterocycles. The first-order valence-corrected chi connectivity index (χ1v) is 7.27. The molecule has 1 rings (SSSR count). The summed E-state index contributed by atoms with van der Waals surface area (Å²) < 4.78 is 0. The third-order valence-corrected chi connectivity index (χ3v) is 3.12. The van der Waals surface area contributed by atoms with E-state index in [2.05, 4.69) is 19.2 Å². The average molecular weight is 278 g/mol. The molecule has 0 spiro atoms. The molecule has 112 valence electrons. The van der Waals surface area contributed by atoms with Crippen molar-refractivity contribution in [2.24, 2.45) is 5.92 Å². The Morgan fingerprint density at radius 3 is 2.50 bits per heavy atom. The van der Waals surface area contributed by atoms with Gasteiger partial charge in [-0.3, -0.25) is 4.79 Å². The van der Waals surface area contributed by atoms with Crippen LogP contribution in [-0.2, 0) is 4.79 Å². The molecule has 4 nitrogen and oxygen atoms in total. The number of aliphatic hydroxyl groups is 1. The molecule has 0 fully saturated rings. The van der Waals surface area contributed by atoms with E-state index < -0.39 is 6.10 Å². The van der Waals surface area contributed by atoms with Crippen molar-refractivity contribution in [2.45, 2.75) is 33.3 Å². The van der Waals surface area contributed by atoms with Crippen molar-refractivity contribution < 1.29 is 9.90 Å². The molecule has 1 aromatic rings. The second-order valence-electron chi connectivity index (χ2n) is 5.44. The van der Waals surface area contributed by atoms with Crippen molar-refractivity contribution in [2.75, 3.05) is 24.5 Å². The van der Waals surface area contributed by atoms with Gasteiger partial charge in [-0.05, 0) is 31.4 Å². The lowest BCUT2D eigenvalue weighted by atomic mass is 10.1. The van der Waals surface area contributed by atoms with Gasteiger partial charge < -0.3 is 15.3 Å². The summed E-state index contributed by atoms with van der Waals surface area (Å²) in [4.78, 5) is 13.9. The molecule has 0 saturated carbocycles. The van der Waals surface area contributed by atoms with E-state index in [0.29, 0.717) is 25.4 Å². The molecule has 0 aliphatic carbocycles. The van der Waals surface area contributed by atoms with E-state index in [1.54, 1.807) is 0 Å². The molecule has 0 aliphatic rings. The van der Waals surface area contributed by atoms with E-state index in [9.17, 15) is 9.90 Å². The number of nitrogens with one attached hydrogen (secondary N) is 1. The standard InChI is InChI=1S/C16H26N2O2/c1-4-18(14-8-6-5-7-9-14)12-16(20)17-11-15(19)10-13(2)3/h5-9,13,15,19H,4,10-12H2,1-3H3,(H,17,20). The van der Waals surface area contributed by atoms with Crippen molar-refractivity contribution in [1.82, 2.24) is 5.32 Å². The Labute approximate surface area is 121 Å². The molecule has 1 amide bonds. The summed E-state index contributed by atoms with van der Waals surface area (Å²) in [6, 6.07) is 9.86. The van der Waals surface area contributed by atoms with E-state index in [4.69, 9.17) is 0 Å². The largest absolute Gasteiger partial charge is 0.391 e. The first-order chi connectivity index (χ1) is 9.52. The van der Waals surface area contributed by atoms with Gasteiger partial charge in [-0.1, -0.05) is 32.0 Å². The van der Waals surface area contributed by atoms with Gasteiger partial charge in [0, 0.05) is 18.8 Å². The SMILES string of the molecule is CCN(CC(=O)NCC(O)CC(C)C)c1ccccc1. The van der Waals surface area contributed by atoms with Gasteiger partial charge in [-0.25, -0.2) is 0 Å². The molecule has 1 unspecified atom stereocenters. The molecule has 0 heterocycles. The highest BCUT2D eigenvalue weighted by molar-refractivity contribution is 5.81. The molecule has 4 heteroatoms. The normalized spacial score (nSPS) is 12.2. The number of anilines is 1. The minimum absolute atomic E-state index is 0.0569. The van der Waals surface area contributed by atoms with E-state index >= 15 is 0 Å². The molecule has 0 radical (unpaired) electrons. The summed E-state index contributed by atoms with van der Waals surface area (Å²) in [6.07, 6.45) is 0.238. The number of hydrogen-bond donors (Lipinski definition) is 2. The van der Waals surface area contributed by atoms with E-state index in [-0.39, 0.29) is 5.91 Å². The van der Waals surface area contributed by atoms with Crippen molar-refractivity contribution in [1.29, 1.82) is 0 Å². The summed E-state index contributed by atoms with van der Waals surface area (Å²) in [5, 5.41) is 12.5. The number of hydrogen-bond acceptors (Lipinski definition) is 3. The summed E-state index contributed by atoms with van der Waals surface area (Å²) in [6.45, 7) is 7.54. The Hall–Kier alpha value is -1.55.